The molecule has 1 saturated heterocycles. The largest absolute Gasteiger partial charge is 0.455 e. The summed E-state index contributed by atoms with van der Waals surface area (Å²) < 4.78 is 5.82. The van der Waals surface area contributed by atoms with Gasteiger partial charge in [-0.3, -0.25) is 0 Å². The van der Waals surface area contributed by atoms with Crippen LogP contribution in [0.25, 0.3) is 0 Å². The summed E-state index contributed by atoms with van der Waals surface area (Å²) in [7, 11) is 0. The molecule has 1 aliphatic heterocycles. The van der Waals surface area contributed by atoms with Crippen LogP contribution in [0.15, 0.2) is 11.1 Å². The van der Waals surface area contributed by atoms with Crippen LogP contribution >= 0.6 is 0 Å². The van der Waals surface area contributed by atoms with Gasteiger partial charge in [0.1, 0.15) is 5.60 Å². The molecule has 1 N–H and O–H groups in total. The van der Waals surface area contributed by atoms with Crippen LogP contribution in [0.4, 0.5) is 0 Å². The Hall–Kier alpha value is -0.830. The van der Waals surface area contributed by atoms with Crippen LogP contribution in [0.1, 0.15) is 47.0 Å². The molecule has 18 heavy (non-hydrogen) atoms. The molecular weight excluding hydrogens is 228 g/mol. The van der Waals surface area contributed by atoms with E-state index in [0.29, 0.717) is 11.8 Å². The SMILES string of the molecule is CC(C)=C1C[C@@]2(OC1=O)[C@H](C)CC[C@@H]2C(C)CO. The summed E-state index contributed by atoms with van der Waals surface area (Å²) >= 11 is 0. The Morgan fingerprint density at radius 2 is 2.17 bits per heavy atom. The third kappa shape index (κ3) is 1.89. The van der Waals surface area contributed by atoms with E-state index in [2.05, 4.69) is 13.8 Å². The van der Waals surface area contributed by atoms with E-state index >= 15 is 0 Å². The Labute approximate surface area is 109 Å². The molecule has 1 saturated carbocycles. The van der Waals surface area contributed by atoms with E-state index in [9.17, 15) is 9.90 Å². The molecule has 1 aliphatic carbocycles. The van der Waals surface area contributed by atoms with Gasteiger partial charge in [0.25, 0.3) is 0 Å². The molecule has 2 rings (SSSR count). The molecule has 1 unspecified atom stereocenters. The first-order valence-electron chi connectivity index (χ1n) is 6.93. The lowest BCUT2D eigenvalue weighted by Gasteiger charge is -2.36. The zero-order chi connectivity index (χ0) is 13.5. The van der Waals surface area contributed by atoms with Crippen LogP contribution in [0.3, 0.4) is 0 Å². The number of hydrogen-bond donors (Lipinski definition) is 1. The molecule has 1 heterocycles. The fourth-order valence-corrected chi connectivity index (χ4v) is 3.66. The second-order valence-corrected chi connectivity index (χ2v) is 6.24. The number of hydrogen-bond acceptors (Lipinski definition) is 3. The summed E-state index contributed by atoms with van der Waals surface area (Å²) in [4.78, 5) is 12.0. The maximum atomic E-state index is 12.0. The molecular formula is C15H24O3. The van der Waals surface area contributed by atoms with Gasteiger partial charge in [-0.05, 0) is 38.5 Å². The van der Waals surface area contributed by atoms with Crippen molar-refractivity contribution >= 4 is 5.97 Å². The van der Waals surface area contributed by atoms with Crippen LogP contribution in [0, 0.1) is 17.8 Å². The smallest absolute Gasteiger partial charge is 0.334 e. The van der Waals surface area contributed by atoms with Crippen molar-refractivity contribution in [3.63, 3.8) is 0 Å². The Kier molecular flexibility index (Phi) is 3.54. The summed E-state index contributed by atoms with van der Waals surface area (Å²) in [5.41, 5.74) is 1.55. The first-order valence-corrected chi connectivity index (χ1v) is 6.93. The standard InChI is InChI=1S/C15H24O3/c1-9(2)12-7-15(18-14(12)17)11(4)5-6-13(15)10(3)8-16/h10-11,13,16H,5-8H2,1-4H3/t10?,11-,13-,15-/m1/s1. The molecule has 1 spiro atoms. The Morgan fingerprint density at radius 1 is 1.50 bits per heavy atom. The Balaban J connectivity index is 2.35. The van der Waals surface area contributed by atoms with E-state index < -0.39 is 0 Å². The summed E-state index contributed by atoms with van der Waals surface area (Å²) in [6.07, 6.45) is 2.86. The van der Waals surface area contributed by atoms with E-state index in [1.54, 1.807) is 0 Å². The molecule has 0 bridgehead atoms. The quantitative estimate of drug-likeness (QED) is 0.607. The second-order valence-electron chi connectivity index (χ2n) is 6.24. The topological polar surface area (TPSA) is 46.5 Å². The average molecular weight is 252 g/mol. The number of allylic oxidation sites excluding steroid dienone is 1. The van der Waals surface area contributed by atoms with Crippen molar-refractivity contribution < 1.29 is 14.6 Å². The molecule has 0 aromatic carbocycles. The molecule has 0 aromatic rings. The molecule has 4 atom stereocenters. The van der Waals surface area contributed by atoms with E-state index in [4.69, 9.17) is 4.74 Å². The highest BCUT2D eigenvalue weighted by atomic mass is 16.6. The molecule has 0 radical (unpaired) electrons. The fourth-order valence-electron chi connectivity index (χ4n) is 3.66. The third-order valence-corrected chi connectivity index (χ3v) is 4.93. The zero-order valence-electron chi connectivity index (χ0n) is 11.8. The van der Waals surface area contributed by atoms with Crippen molar-refractivity contribution in [2.45, 2.75) is 52.6 Å². The van der Waals surface area contributed by atoms with Gasteiger partial charge in [0.15, 0.2) is 0 Å². The molecule has 3 nitrogen and oxygen atoms in total. The monoisotopic (exact) mass is 252 g/mol. The zero-order valence-corrected chi connectivity index (χ0v) is 11.8. The van der Waals surface area contributed by atoms with Gasteiger partial charge in [-0.25, -0.2) is 4.79 Å². The van der Waals surface area contributed by atoms with Crippen molar-refractivity contribution in [2.24, 2.45) is 17.8 Å². The number of aliphatic hydroxyl groups is 1. The van der Waals surface area contributed by atoms with Crippen LogP contribution in [0.5, 0.6) is 0 Å². The number of ether oxygens (including phenoxy) is 1. The minimum atomic E-state index is -0.355. The number of rotatable bonds is 2. The van der Waals surface area contributed by atoms with Crippen molar-refractivity contribution in [1.82, 2.24) is 0 Å². The first-order chi connectivity index (χ1) is 8.42. The first kappa shape index (κ1) is 13.6. The van der Waals surface area contributed by atoms with Gasteiger partial charge in [-0.1, -0.05) is 19.4 Å². The van der Waals surface area contributed by atoms with Crippen molar-refractivity contribution in [3.05, 3.63) is 11.1 Å². The van der Waals surface area contributed by atoms with E-state index in [1.165, 1.54) is 0 Å². The summed E-state index contributed by atoms with van der Waals surface area (Å²) in [5.74, 6) is 0.730. The van der Waals surface area contributed by atoms with Gasteiger partial charge in [-0.15, -0.1) is 0 Å². The molecule has 0 aromatic heterocycles. The van der Waals surface area contributed by atoms with Crippen molar-refractivity contribution in [3.8, 4) is 0 Å². The van der Waals surface area contributed by atoms with Crippen LogP contribution in [-0.2, 0) is 9.53 Å². The Bertz CT molecular complexity index is 381. The Morgan fingerprint density at radius 3 is 2.67 bits per heavy atom. The summed E-state index contributed by atoms with van der Waals surface area (Å²) in [6, 6.07) is 0. The molecule has 102 valence electrons. The normalized spacial score (nSPS) is 37.2. The van der Waals surface area contributed by atoms with Gasteiger partial charge < -0.3 is 9.84 Å². The second kappa shape index (κ2) is 4.69. The van der Waals surface area contributed by atoms with Gasteiger partial charge in [0, 0.05) is 24.5 Å². The highest BCUT2D eigenvalue weighted by molar-refractivity contribution is 5.92. The lowest BCUT2D eigenvalue weighted by Crippen LogP contribution is -2.42. The van der Waals surface area contributed by atoms with Gasteiger partial charge >= 0.3 is 5.97 Å². The van der Waals surface area contributed by atoms with Gasteiger partial charge in [0.05, 0.1) is 0 Å². The van der Waals surface area contributed by atoms with Crippen LogP contribution in [-0.4, -0.2) is 23.3 Å². The maximum Gasteiger partial charge on any atom is 0.334 e. The van der Waals surface area contributed by atoms with Crippen LogP contribution < -0.4 is 0 Å². The predicted molar refractivity (Wildman–Crippen MR) is 70.0 cm³/mol. The lowest BCUT2D eigenvalue weighted by molar-refractivity contribution is -0.155. The molecule has 3 heteroatoms. The fraction of sp³-hybridized carbons (Fsp3) is 0.800. The number of esters is 1. The summed E-state index contributed by atoms with van der Waals surface area (Å²) in [6.45, 7) is 8.34. The lowest BCUT2D eigenvalue weighted by atomic mass is 9.75. The minimum Gasteiger partial charge on any atom is -0.455 e. The highest BCUT2D eigenvalue weighted by Gasteiger charge is 2.57. The average Bonchev–Trinajstić information content (AvgIpc) is 2.82. The predicted octanol–water partition coefficient (Wildman–Crippen LogP) is 2.68. The molecule has 2 aliphatic rings. The van der Waals surface area contributed by atoms with Crippen molar-refractivity contribution in [1.29, 1.82) is 0 Å². The molecule has 0 amide bonds. The van der Waals surface area contributed by atoms with E-state index in [-0.39, 0.29) is 24.1 Å². The van der Waals surface area contributed by atoms with E-state index in [0.717, 1.165) is 30.4 Å². The summed E-state index contributed by atoms with van der Waals surface area (Å²) in [5, 5.41) is 9.41. The van der Waals surface area contributed by atoms with Crippen molar-refractivity contribution in [2.75, 3.05) is 6.61 Å². The number of carbonyl (C=O) groups excluding carboxylic acids is 1. The highest BCUT2D eigenvalue weighted by Crippen LogP contribution is 2.53. The minimum absolute atomic E-state index is 0.140. The van der Waals surface area contributed by atoms with E-state index in [1.807, 2.05) is 13.8 Å². The van der Waals surface area contributed by atoms with Gasteiger partial charge in [-0.2, -0.15) is 0 Å². The number of aliphatic hydroxyl groups excluding tert-OH is 1. The van der Waals surface area contributed by atoms with Crippen LogP contribution in [0.2, 0.25) is 0 Å². The van der Waals surface area contributed by atoms with Gasteiger partial charge in [0.2, 0.25) is 0 Å². The third-order valence-electron chi connectivity index (χ3n) is 4.93. The molecule has 2 fully saturated rings. The maximum absolute atomic E-state index is 12.0. The number of carbonyl (C=O) groups is 1.